The van der Waals surface area contributed by atoms with Crippen LogP contribution >= 0.6 is 0 Å². The number of amides is 1. The Morgan fingerprint density at radius 1 is 1.06 bits per heavy atom. The van der Waals surface area contributed by atoms with E-state index < -0.39 is 5.97 Å². The van der Waals surface area contributed by atoms with Crippen LogP contribution in [-0.4, -0.2) is 77.0 Å². The SMILES string of the molecule is CC1CCN(c2ccc(C(=O)O)cc2)CCN1C1=NCC(c2ccncc2)=CC(=O)N1C. The zero-order valence-corrected chi connectivity index (χ0v) is 18.3. The molecule has 0 aliphatic carbocycles. The molecular formula is C24H27N5O3. The van der Waals surface area contributed by atoms with Gasteiger partial charge in [0.25, 0.3) is 5.91 Å². The topological polar surface area (TPSA) is 89.3 Å². The van der Waals surface area contributed by atoms with Crippen LogP contribution in [0.2, 0.25) is 0 Å². The van der Waals surface area contributed by atoms with Crippen molar-refractivity contribution >= 4 is 29.1 Å². The van der Waals surface area contributed by atoms with Crippen molar-refractivity contribution in [2.24, 2.45) is 4.99 Å². The lowest BCUT2D eigenvalue weighted by atomic mass is 10.1. The number of aliphatic imine (C=N–C) groups is 1. The molecule has 2 aliphatic rings. The van der Waals surface area contributed by atoms with Gasteiger partial charge in [-0.3, -0.25) is 14.7 Å². The van der Waals surface area contributed by atoms with Crippen LogP contribution in [0.3, 0.4) is 0 Å². The maximum absolute atomic E-state index is 12.9. The normalized spacial score (nSPS) is 19.8. The van der Waals surface area contributed by atoms with E-state index in [1.54, 1.807) is 42.6 Å². The van der Waals surface area contributed by atoms with Crippen LogP contribution in [0.15, 0.2) is 59.9 Å². The summed E-state index contributed by atoms with van der Waals surface area (Å²) < 4.78 is 0. The summed E-state index contributed by atoms with van der Waals surface area (Å²) in [5.74, 6) is -0.331. The van der Waals surface area contributed by atoms with Gasteiger partial charge in [0.1, 0.15) is 0 Å². The van der Waals surface area contributed by atoms with Crippen molar-refractivity contribution in [2.45, 2.75) is 19.4 Å². The molecule has 1 unspecified atom stereocenters. The highest BCUT2D eigenvalue weighted by atomic mass is 16.4. The van der Waals surface area contributed by atoms with Crippen molar-refractivity contribution in [1.82, 2.24) is 14.8 Å². The monoisotopic (exact) mass is 433 g/mol. The number of aromatic nitrogens is 1. The van der Waals surface area contributed by atoms with Gasteiger partial charge >= 0.3 is 5.97 Å². The first-order chi connectivity index (χ1) is 15.4. The molecule has 1 amide bonds. The summed E-state index contributed by atoms with van der Waals surface area (Å²) in [6.45, 7) is 4.89. The van der Waals surface area contributed by atoms with Crippen LogP contribution in [0.25, 0.3) is 5.57 Å². The first-order valence-corrected chi connectivity index (χ1v) is 10.7. The third-order valence-corrected chi connectivity index (χ3v) is 6.07. The molecule has 8 nitrogen and oxygen atoms in total. The molecule has 166 valence electrons. The minimum Gasteiger partial charge on any atom is -0.478 e. The van der Waals surface area contributed by atoms with Crippen molar-refractivity contribution in [3.63, 3.8) is 0 Å². The number of hydrogen-bond acceptors (Lipinski definition) is 6. The van der Waals surface area contributed by atoms with E-state index in [-0.39, 0.29) is 17.5 Å². The summed E-state index contributed by atoms with van der Waals surface area (Å²) in [5.41, 5.74) is 3.11. The van der Waals surface area contributed by atoms with Crippen molar-refractivity contribution in [3.8, 4) is 0 Å². The minimum absolute atomic E-state index is 0.0920. The summed E-state index contributed by atoms with van der Waals surface area (Å²) in [7, 11) is 1.77. The number of carbonyl (C=O) groups excluding carboxylic acids is 1. The van der Waals surface area contributed by atoms with E-state index in [0.29, 0.717) is 19.0 Å². The van der Waals surface area contributed by atoms with Gasteiger partial charge in [0, 0.05) is 56.9 Å². The molecule has 8 heteroatoms. The van der Waals surface area contributed by atoms with Gasteiger partial charge in [-0.05, 0) is 60.9 Å². The average molecular weight is 434 g/mol. The van der Waals surface area contributed by atoms with Crippen LogP contribution in [0.4, 0.5) is 5.69 Å². The number of carboxylic acid groups (broad SMARTS) is 1. The van der Waals surface area contributed by atoms with Crippen molar-refractivity contribution < 1.29 is 14.7 Å². The summed E-state index contributed by atoms with van der Waals surface area (Å²) >= 11 is 0. The lowest BCUT2D eigenvalue weighted by Gasteiger charge is -2.33. The quantitative estimate of drug-likeness (QED) is 0.800. The number of likely N-dealkylation sites (N-methyl/N-ethyl adjacent to an activating group) is 1. The van der Waals surface area contributed by atoms with Gasteiger partial charge in [-0.2, -0.15) is 0 Å². The first-order valence-electron chi connectivity index (χ1n) is 10.7. The highest BCUT2D eigenvalue weighted by molar-refractivity contribution is 6.07. The predicted molar refractivity (Wildman–Crippen MR) is 124 cm³/mol. The highest BCUT2D eigenvalue weighted by Crippen LogP contribution is 2.23. The molecule has 32 heavy (non-hydrogen) atoms. The van der Waals surface area contributed by atoms with Gasteiger partial charge in [0.15, 0.2) is 0 Å². The van der Waals surface area contributed by atoms with Gasteiger partial charge < -0.3 is 14.9 Å². The van der Waals surface area contributed by atoms with Crippen molar-refractivity contribution in [3.05, 3.63) is 66.0 Å². The number of benzene rings is 1. The van der Waals surface area contributed by atoms with Gasteiger partial charge in [0.05, 0.1) is 12.1 Å². The van der Waals surface area contributed by atoms with Crippen LogP contribution in [0.5, 0.6) is 0 Å². The number of guanidine groups is 1. The number of rotatable bonds is 3. The molecule has 4 rings (SSSR count). The molecule has 1 N–H and O–H groups in total. The molecule has 2 aliphatic heterocycles. The molecule has 1 saturated heterocycles. The first kappa shape index (κ1) is 21.5. The van der Waals surface area contributed by atoms with Crippen LogP contribution in [0.1, 0.15) is 29.3 Å². The third kappa shape index (κ3) is 4.49. The number of aromatic carboxylic acids is 1. The molecule has 1 atom stereocenters. The number of pyridine rings is 1. The average Bonchev–Trinajstić information content (AvgIpc) is 3.08. The van der Waals surface area contributed by atoms with E-state index >= 15 is 0 Å². The summed E-state index contributed by atoms with van der Waals surface area (Å²) in [6, 6.07) is 11.0. The Labute approximate surface area is 187 Å². The van der Waals surface area contributed by atoms with Crippen molar-refractivity contribution in [1.29, 1.82) is 0 Å². The number of anilines is 1. The molecule has 1 aromatic heterocycles. The summed E-state index contributed by atoms with van der Waals surface area (Å²) in [6.07, 6.45) is 5.99. The number of hydrogen-bond donors (Lipinski definition) is 1. The fraction of sp³-hybridized carbons (Fsp3) is 0.333. The Kier molecular flexibility index (Phi) is 6.20. The second kappa shape index (κ2) is 9.21. The van der Waals surface area contributed by atoms with E-state index in [1.165, 1.54) is 0 Å². The Bertz CT molecular complexity index is 1050. The summed E-state index contributed by atoms with van der Waals surface area (Å²) in [4.78, 5) is 39.0. The lowest BCUT2D eigenvalue weighted by molar-refractivity contribution is -0.121. The van der Waals surface area contributed by atoms with Gasteiger partial charge in [-0.25, -0.2) is 9.79 Å². The zero-order valence-electron chi connectivity index (χ0n) is 18.3. The summed E-state index contributed by atoms with van der Waals surface area (Å²) in [5, 5.41) is 9.13. The fourth-order valence-electron chi connectivity index (χ4n) is 4.11. The maximum Gasteiger partial charge on any atom is 0.335 e. The minimum atomic E-state index is -0.925. The Morgan fingerprint density at radius 3 is 2.47 bits per heavy atom. The molecular weight excluding hydrogens is 406 g/mol. The molecule has 2 aromatic rings. The largest absolute Gasteiger partial charge is 0.478 e. The van der Waals surface area contributed by atoms with Crippen molar-refractivity contribution in [2.75, 3.05) is 38.1 Å². The second-order valence-electron chi connectivity index (χ2n) is 8.09. The van der Waals surface area contributed by atoms with E-state index in [1.807, 2.05) is 24.3 Å². The molecule has 0 bridgehead atoms. The van der Waals surface area contributed by atoms with Gasteiger partial charge in [-0.1, -0.05) is 0 Å². The number of nitrogens with zero attached hydrogens (tertiary/aromatic N) is 5. The molecule has 0 saturated carbocycles. The van der Waals surface area contributed by atoms with Gasteiger partial charge in [0.2, 0.25) is 5.96 Å². The van der Waals surface area contributed by atoms with Gasteiger partial charge in [-0.15, -0.1) is 0 Å². The molecule has 3 heterocycles. The highest BCUT2D eigenvalue weighted by Gasteiger charge is 2.29. The number of carbonyl (C=O) groups is 2. The Hall–Kier alpha value is -3.68. The van der Waals surface area contributed by atoms with E-state index in [4.69, 9.17) is 10.1 Å². The Balaban J connectivity index is 1.52. The Morgan fingerprint density at radius 2 is 1.78 bits per heavy atom. The van der Waals surface area contributed by atoms with Crippen LogP contribution in [0, 0.1) is 0 Å². The maximum atomic E-state index is 12.9. The second-order valence-corrected chi connectivity index (χ2v) is 8.09. The molecule has 0 spiro atoms. The predicted octanol–water partition coefficient (Wildman–Crippen LogP) is 2.59. The number of carboxylic acids is 1. The van der Waals surface area contributed by atoms with Crippen LogP contribution < -0.4 is 4.90 Å². The van der Waals surface area contributed by atoms with Crippen LogP contribution in [-0.2, 0) is 4.79 Å². The zero-order chi connectivity index (χ0) is 22.7. The molecule has 0 radical (unpaired) electrons. The lowest BCUT2D eigenvalue weighted by Crippen LogP contribution is -2.49. The third-order valence-electron chi connectivity index (χ3n) is 6.07. The fourth-order valence-corrected chi connectivity index (χ4v) is 4.11. The molecule has 1 fully saturated rings. The van der Waals surface area contributed by atoms with E-state index in [9.17, 15) is 9.59 Å². The standard InChI is InChI=1S/C24H27N5O3/c1-17-9-12-28(21-5-3-19(4-6-21)23(31)32)13-14-29(17)24-26-16-20(15-22(30)27(24)2)18-7-10-25-11-8-18/h3-8,10-11,15,17H,9,12-14,16H2,1-2H3,(H,31,32). The van der Waals surface area contributed by atoms with E-state index in [0.717, 1.165) is 36.3 Å². The van der Waals surface area contributed by atoms with E-state index in [2.05, 4.69) is 21.7 Å². The molecule has 1 aromatic carbocycles. The smallest absolute Gasteiger partial charge is 0.335 e.